The summed E-state index contributed by atoms with van der Waals surface area (Å²) in [5.41, 5.74) is 1.87. The third kappa shape index (κ3) is 5.11. The van der Waals surface area contributed by atoms with Gasteiger partial charge in [-0.15, -0.1) is 11.3 Å². The molecule has 26 heavy (non-hydrogen) atoms. The van der Waals surface area contributed by atoms with Crippen molar-refractivity contribution in [3.63, 3.8) is 0 Å². The summed E-state index contributed by atoms with van der Waals surface area (Å²) in [6.45, 7) is 4.90. The van der Waals surface area contributed by atoms with E-state index in [0.29, 0.717) is 18.9 Å². The number of nitrogens with one attached hydrogen (secondary N) is 1. The van der Waals surface area contributed by atoms with E-state index in [4.69, 9.17) is 0 Å². The maximum atomic E-state index is 13.0. The van der Waals surface area contributed by atoms with E-state index in [9.17, 15) is 9.18 Å². The van der Waals surface area contributed by atoms with Crippen molar-refractivity contribution in [2.24, 2.45) is 0 Å². The van der Waals surface area contributed by atoms with E-state index in [0.717, 1.165) is 55.2 Å². The zero-order valence-corrected chi connectivity index (χ0v) is 16.0. The molecular formula is C20H26FN3OS. The first-order chi connectivity index (χ1) is 12.7. The van der Waals surface area contributed by atoms with Crippen LogP contribution in [0.1, 0.15) is 42.5 Å². The molecule has 0 radical (unpaired) electrons. The average molecular weight is 376 g/mol. The fourth-order valence-electron chi connectivity index (χ4n) is 3.41. The third-order valence-corrected chi connectivity index (χ3v) is 5.63. The van der Waals surface area contributed by atoms with Crippen LogP contribution < -0.4 is 5.32 Å². The lowest BCUT2D eigenvalue weighted by atomic mass is 10.0. The van der Waals surface area contributed by atoms with Gasteiger partial charge in [0.25, 0.3) is 0 Å². The largest absolute Gasteiger partial charge is 0.339 e. The highest BCUT2D eigenvalue weighted by atomic mass is 32.1. The van der Waals surface area contributed by atoms with Gasteiger partial charge in [-0.2, -0.15) is 0 Å². The molecule has 3 rings (SSSR count). The summed E-state index contributed by atoms with van der Waals surface area (Å²) in [6, 6.07) is 6.84. The van der Waals surface area contributed by atoms with Crippen LogP contribution in [0.25, 0.3) is 0 Å². The molecule has 2 aromatic rings. The first-order valence-electron chi connectivity index (χ1n) is 9.33. The number of amides is 1. The monoisotopic (exact) mass is 375 g/mol. The second kappa shape index (κ2) is 9.24. The van der Waals surface area contributed by atoms with E-state index in [1.807, 2.05) is 5.38 Å². The van der Waals surface area contributed by atoms with E-state index >= 15 is 0 Å². The fraction of sp³-hybridized carbons (Fsp3) is 0.500. The minimum atomic E-state index is -0.229. The lowest BCUT2D eigenvalue weighted by Crippen LogP contribution is -2.47. The highest BCUT2D eigenvalue weighted by molar-refractivity contribution is 7.09. The lowest BCUT2D eigenvalue weighted by Gasteiger charge is -2.34. The van der Waals surface area contributed by atoms with Crippen LogP contribution >= 0.6 is 11.3 Å². The molecule has 1 fully saturated rings. The molecule has 1 saturated heterocycles. The summed E-state index contributed by atoms with van der Waals surface area (Å²) in [7, 11) is 0. The Hall–Kier alpha value is -1.79. The number of aromatic nitrogens is 1. The van der Waals surface area contributed by atoms with Crippen molar-refractivity contribution in [2.75, 3.05) is 19.6 Å². The molecule has 1 aliphatic rings. The predicted octanol–water partition coefficient (Wildman–Crippen LogP) is 3.41. The van der Waals surface area contributed by atoms with E-state index in [-0.39, 0.29) is 11.7 Å². The molecule has 1 aromatic carbocycles. The van der Waals surface area contributed by atoms with Crippen LogP contribution in [-0.4, -0.2) is 41.5 Å². The van der Waals surface area contributed by atoms with Gasteiger partial charge < -0.3 is 10.2 Å². The van der Waals surface area contributed by atoms with Gasteiger partial charge in [-0.1, -0.05) is 19.1 Å². The van der Waals surface area contributed by atoms with Crippen molar-refractivity contribution in [2.45, 2.75) is 45.1 Å². The van der Waals surface area contributed by atoms with Gasteiger partial charge >= 0.3 is 0 Å². The van der Waals surface area contributed by atoms with Gasteiger partial charge in [0.05, 0.1) is 17.1 Å². The predicted molar refractivity (Wildman–Crippen MR) is 103 cm³/mol. The number of nitrogens with zero attached hydrogens (tertiary/aromatic N) is 2. The van der Waals surface area contributed by atoms with Gasteiger partial charge in [-0.25, -0.2) is 9.37 Å². The quantitative estimate of drug-likeness (QED) is 0.807. The number of carbonyl (C=O) groups excluding carboxylic acids is 1. The Morgan fingerprint density at radius 3 is 2.73 bits per heavy atom. The number of halogens is 1. The van der Waals surface area contributed by atoms with Crippen molar-refractivity contribution < 1.29 is 9.18 Å². The molecule has 6 heteroatoms. The van der Waals surface area contributed by atoms with Crippen molar-refractivity contribution in [3.8, 4) is 0 Å². The van der Waals surface area contributed by atoms with Crippen LogP contribution in [0, 0.1) is 5.82 Å². The van der Waals surface area contributed by atoms with Gasteiger partial charge in [-0.05, 0) is 50.0 Å². The second-order valence-electron chi connectivity index (χ2n) is 6.78. The molecule has 4 nitrogen and oxygen atoms in total. The molecule has 0 aliphatic carbocycles. The zero-order valence-electron chi connectivity index (χ0n) is 15.2. The maximum absolute atomic E-state index is 13.0. The van der Waals surface area contributed by atoms with Crippen LogP contribution in [0.15, 0.2) is 29.6 Å². The molecule has 1 aromatic heterocycles. The topological polar surface area (TPSA) is 45.2 Å². The van der Waals surface area contributed by atoms with E-state index in [1.165, 1.54) is 12.1 Å². The minimum absolute atomic E-state index is 0.178. The molecule has 0 unspecified atom stereocenters. The number of piperidine rings is 1. The lowest BCUT2D eigenvalue weighted by molar-refractivity contribution is -0.133. The van der Waals surface area contributed by atoms with Gasteiger partial charge in [0.15, 0.2) is 0 Å². The summed E-state index contributed by atoms with van der Waals surface area (Å²) in [6.07, 6.45) is 4.07. The van der Waals surface area contributed by atoms with Crippen molar-refractivity contribution in [1.29, 1.82) is 0 Å². The SMILES string of the molecule is CCCN(C(=O)Cc1csc(Cc2ccc(F)cc2)n1)C1CCNCC1. The zero-order chi connectivity index (χ0) is 18.4. The molecule has 0 atom stereocenters. The Labute approximate surface area is 158 Å². The highest BCUT2D eigenvalue weighted by Gasteiger charge is 2.25. The average Bonchev–Trinajstić information content (AvgIpc) is 3.09. The highest BCUT2D eigenvalue weighted by Crippen LogP contribution is 2.18. The molecule has 1 N–H and O–H groups in total. The van der Waals surface area contributed by atoms with Gasteiger partial charge in [-0.3, -0.25) is 4.79 Å². The molecule has 0 saturated carbocycles. The number of rotatable bonds is 7. The molecule has 1 aliphatic heterocycles. The number of hydrogen-bond acceptors (Lipinski definition) is 4. The van der Waals surface area contributed by atoms with Crippen LogP contribution in [0.3, 0.4) is 0 Å². The number of carbonyl (C=O) groups is 1. The first-order valence-corrected chi connectivity index (χ1v) is 10.2. The van der Waals surface area contributed by atoms with E-state index in [1.54, 1.807) is 23.5 Å². The summed E-state index contributed by atoms with van der Waals surface area (Å²) >= 11 is 1.57. The van der Waals surface area contributed by atoms with Gasteiger partial charge in [0.1, 0.15) is 5.82 Å². The normalized spacial score (nSPS) is 15.2. The van der Waals surface area contributed by atoms with Crippen LogP contribution in [0.4, 0.5) is 4.39 Å². The van der Waals surface area contributed by atoms with Crippen molar-refractivity contribution >= 4 is 17.2 Å². The van der Waals surface area contributed by atoms with Gasteiger partial charge in [0.2, 0.25) is 5.91 Å². The number of hydrogen-bond donors (Lipinski definition) is 1. The fourth-order valence-corrected chi connectivity index (χ4v) is 4.24. The van der Waals surface area contributed by atoms with Crippen molar-refractivity contribution in [3.05, 3.63) is 51.7 Å². The molecule has 0 spiro atoms. The van der Waals surface area contributed by atoms with Crippen molar-refractivity contribution in [1.82, 2.24) is 15.2 Å². The Morgan fingerprint density at radius 2 is 2.04 bits per heavy atom. The summed E-state index contributed by atoms with van der Waals surface area (Å²) in [4.78, 5) is 19.5. The molecule has 2 heterocycles. The van der Waals surface area contributed by atoms with E-state index in [2.05, 4.69) is 22.1 Å². The smallest absolute Gasteiger partial charge is 0.228 e. The Morgan fingerprint density at radius 1 is 1.31 bits per heavy atom. The standard InChI is InChI=1S/C20H26FN3OS/c1-2-11-24(18-7-9-22-10-8-18)20(25)13-17-14-26-19(23-17)12-15-3-5-16(21)6-4-15/h3-6,14,18,22H,2,7-13H2,1H3. The van der Waals surface area contributed by atoms with Crippen LogP contribution in [-0.2, 0) is 17.6 Å². The Balaban J connectivity index is 1.61. The van der Waals surface area contributed by atoms with Crippen LogP contribution in [0.2, 0.25) is 0 Å². The molecule has 140 valence electrons. The maximum Gasteiger partial charge on any atom is 0.228 e. The van der Waals surface area contributed by atoms with E-state index < -0.39 is 0 Å². The first kappa shape index (κ1) is 19.0. The molecular weight excluding hydrogens is 349 g/mol. The summed E-state index contributed by atoms with van der Waals surface area (Å²) in [5.74, 6) is -0.0505. The molecule has 1 amide bonds. The Bertz CT molecular complexity index is 710. The second-order valence-corrected chi connectivity index (χ2v) is 7.72. The minimum Gasteiger partial charge on any atom is -0.339 e. The number of benzene rings is 1. The van der Waals surface area contributed by atoms with Gasteiger partial charge in [0, 0.05) is 24.4 Å². The summed E-state index contributed by atoms with van der Waals surface area (Å²) < 4.78 is 13.0. The molecule has 0 bridgehead atoms. The number of thiazole rings is 1. The third-order valence-electron chi connectivity index (χ3n) is 4.73. The van der Waals surface area contributed by atoms with Crippen LogP contribution in [0.5, 0.6) is 0 Å². The Kier molecular flexibility index (Phi) is 6.74. The summed E-state index contributed by atoms with van der Waals surface area (Å²) in [5, 5.41) is 6.30.